The summed E-state index contributed by atoms with van der Waals surface area (Å²) in [5.74, 6) is -0.157. The highest BCUT2D eigenvalue weighted by Crippen LogP contribution is 2.33. The van der Waals surface area contributed by atoms with E-state index in [-0.39, 0.29) is 23.1 Å². The monoisotopic (exact) mass is 380 g/mol. The molecule has 0 spiro atoms. The molecule has 3 N–H and O–H groups in total. The van der Waals surface area contributed by atoms with Gasteiger partial charge < -0.3 is 10.6 Å². The van der Waals surface area contributed by atoms with E-state index in [1.165, 1.54) is 4.90 Å². The van der Waals surface area contributed by atoms with Gasteiger partial charge in [-0.15, -0.1) is 24.2 Å². The number of rotatable bonds is 3. The van der Waals surface area contributed by atoms with Crippen molar-refractivity contribution in [3.63, 3.8) is 0 Å². The van der Waals surface area contributed by atoms with Gasteiger partial charge in [0.15, 0.2) is 5.69 Å². The molecule has 1 aliphatic heterocycles. The van der Waals surface area contributed by atoms with E-state index in [1.807, 2.05) is 24.8 Å². The minimum Gasteiger partial charge on any atom is -0.320 e. The van der Waals surface area contributed by atoms with Gasteiger partial charge in [-0.25, -0.2) is 0 Å². The Labute approximate surface area is 159 Å². The van der Waals surface area contributed by atoms with E-state index in [4.69, 9.17) is 0 Å². The van der Waals surface area contributed by atoms with Gasteiger partial charge in [0.05, 0.1) is 0 Å². The van der Waals surface area contributed by atoms with Crippen LogP contribution in [0.25, 0.3) is 0 Å². The maximum atomic E-state index is 12.6. The maximum Gasteiger partial charge on any atom is 0.276 e. The molecular weight excluding hydrogens is 356 g/mol. The van der Waals surface area contributed by atoms with E-state index in [0.717, 1.165) is 35.5 Å². The number of nitrogens with one attached hydrogen (secondary N) is 3. The van der Waals surface area contributed by atoms with E-state index in [0.29, 0.717) is 12.2 Å². The van der Waals surface area contributed by atoms with Crippen molar-refractivity contribution in [2.45, 2.75) is 50.3 Å². The Morgan fingerprint density at radius 3 is 2.76 bits per heavy atom. The van der Waals surface area contributed by atoms with E-state index in [2.05, 4.69) is 53.7 Å². The minimum absolute atomic E-state index is 0. The van der Waals surface area contributed by atoms with Gasteiger partial charge in [0.25, 0.3) is 5.91 Å². The quantitative estimate of drug-likeness (QED) is 0.705. The highest BCUT2D eigenvalue weighted by molar-refractivity contribution is 8.00. The largest absolute Gasteiger partial charge is 0.320 e. The third kappa shape index (κ3) is 4.77. The molecule has 1 aromatic carbocycles. The van der Waals surface area contributed by atoms with Crippen LogP contribution < -0.4 is 10.6 Å². The van der Waals surface area contributed by atoms with Gasteiger partial charge in [-0.2, -0.15) is 5.10 Å². The van der Waals surface area contributed by atoms with Crippen molar-refractivity contribution in [3.05, 3.63) is 40.7 Å². The molecule has 0 saturated carbocycles. The Balaban J connectivity index is 0.00000225. The lowest BCUT2D eigenvalue weighted by atomic mass is 10.1. The van der Waals surface area contributed by atoms with Gasteiger partial charge in [0, 0.05) is 46.1 Å². The second-order valence-corrected chi connectivity index (χ2v) is 9.00. The molecule has 25 heavy (non-hydrogen) atoms. The summed E-state index contributed by atoms with van der Waals surface area (Å²) in [6.45, 7) is 10.2. The molecule has 5 nitrogen and oxygen atoms in total. The molecule has 0 fully saturated rings. The molecule has 0 bridgehead atoms. The zero-order valence-electron chi connectivity index (χ0n) is 15.0. The van der Waals surface area contributed by atoms with E-state index in [9.17, 15) is 4.79 Å². The number of fused-ring (bicyclic) bond motifs is 1. The smallest absolute Gasteiger partial charge is 0.276 e. The van der Waals surface area contributed by atoms with Crippen LogP contribution in [0.3, 0.4) is 0 Å². The zero-order valence-corrected chi connectivity index (χ0v) is 16.7. The lowest BCUT2D eigenvalue weighted by Crippen LogP contribution is -2.25. The summed E-state index contributed by atoms with van der Waals surface area (Å²) in [6.07, 6.45) is 0.882. The van der Waals surface area contributed by atoms with Crippen LogP contribution in [0.4, 0.5) is 5.69 Å². The summed E-state index contributed by atoms with van der Waals surface area (Å²) in [5, 5.41) is 13.5. The van der Waals surface area contributed by atoms with Crippen LogP contribution in [0.2, 0.25) is 0 Å². The summed E-state index contributed by atoms with van der Waals surface area (Å²) in [7, 11) is 0. The standard InChI is InChI=1S/C18H24N4OS.ClH/c1-11-9-12(24-18(2,3)4)5-6-14(11)20-17(23)16-13-10-19-8-7-15(13)21-22-16;/h5-6,9,19H,7-8,10H2,1-4H3,(H,20,23)(H,21,22);1H. The zero-order chi connectivity index (χ0) is 17.3. The van der Waals surface area contributed by atoms with Gasteiger partial charge in [0.2, 0.25) is 0 Å². The van der Waals surface area contributed by atoms with E-state index >= 15 is 0 Å². The molecule has 2 heterocycles. The van der Waals surface area contributed by atoms with Crippen LogP contribution in [0.15, 0.2) is 23.1 Å². The number of carbonyl (C=O) groups excluding carboxylic acids is 1. The van der Waals surface area contributed by atoms with Crippen molar-refractivity contribution in [1.82, 2.24) is 15.5 Å². The molecule has 0 radical (unpaired) electrons. The van der Waals surface area contributed by atoms with Crippen molar-refractivity contribution in [2.75, 3.05) is 11.9 Å². The normalized spacial score (nSPS) is 13.8. The van der Waals surface area contributed by atoms with Gasteiger partial charge in [-0.05, 0) is 30.7 Å². The Bertz CT molecular complexity index is 767. The molecule has 2 aromatic rings. The first-order valence-electron chi connectivity index (χ1n) is 8.21. The highest BCUT2D eigenvalue weighted by atomic mass is 35.5. The summed E-state index contributed by atoms with van der Waals surface area (Å²) >= 11 is 1.82. The second kappa shape index (κ2) is 7.81. The van der Waals surface area contributed by atoms with E-state index < -0.39 is 0 Å². The third-order valence-corrected chi connectivity index (χ3v) is 4.99. The van der Waals surface area contributed by atoms with Crippen LogP contribution in [0.1, 0.15) is 48.1 Å². The fourth-order valence-corrected chi connectivity index (χ4v) is 3.87. The molecule has 1 aliphatic rings. The third-order valence-electron chi connectivity index (χ3n) is 3.89. The molecule has 1 aromatic heterocycles. The van der Waals surface area contributed by atoms with Crippen molar-refractivity contribution in [1.29, 1.82) is 0 Å². The second-order valence-electron chi connectivity index (χ2n) is 7.10. The van der Waals surface area contributed by atoms with Crippen LogP contribution in [0, 0.1) is 6.92 Å². The molecule has 0 atom stereocenters. The summed E-state index contributed by atoms with van der Waals surface area (Å²) in [6, 6.07) is 6.14. The minimum atomic E-state index is -0.157. The molecular formula is C18H25ClN4OS. The van der Waals surface area contributed by atoms with Crippen molar-refractivity contribution < 1.29 is 4.79 Å². The van der Waals surface area contributed by atoms with Crippen LogP contribution in [-0.4, -0.2) is 27.4 Å². The van der Waals surface area contributed by atoms with Gasteiger partial charge in [-0.3, -0.25) is 9.89 Å². The van der Waals surface area contributed by atoms with Crippen molar-refractivity contribution in [2.24, 2.45) is 0 Å². The average Bonchev–Trinajstić information content (AvgIpc) is 2.92. The van der Waals surface area contributed by atoms with Crippen LogP contribution in [-0.2, 0) is 13.0 Å². The SMILES string of the molecule is Cc1cc(SC(C)(C)C)ccc1NC(=O)c1n[nH]c2c1CNCC2.Cl. The van der Waals surface area contributed by atoms with Crippen molar-refractivity contribution >= 4 is 35.8 Å². The number of nitrogens with zero attached hydrogens (tertiary/aromatic N) is 1. The summed E-state index contributed by atoms with van der Waals surface area (Å²) in [4.78, 5) is 13.8. The lowest BCUT2D eigenvalue weighted by Gasteiger charge is -2.18. The predicted octanol–water partition coefficient (Wildman–Crippen LogP) is 3.93. The predicted molar refractivity (Wildman–Crippen MR) is 106 cm³/mol. The Morgan fingerprint density at radius 1 is 1.32 bits per heavy atom. The molecule has 1 amide bonds. The van der Waals surface area contributed by atoms with Gasteiger partial charge in [0.1, 0.15) is 0 Å². The summed E-state index contributed by atoms with van der Waals surface area (Å²) in [5.41, 5.74) is 4.42. The fraction of sp³-hybridized carbons (Fsp3) is 0.444. The number of benzene rings is 1. The number of hydrogen-bond acceptors (Lipinski definition) is 4. The first kappa shape index (κ1) is 19.8. The highest BCUT2D eigenvalue weighted by Gasteiger charge is 2.22. The fourth-order valence-electron chi connectivity index (χ4n) is 2.79. The number of halogens is 1. The average molecular weight is 381 g/mol. The van der Waals surface area contributed by atoms with Crippen LogP contribution >= 0.6 is 24.2 Å². The Morgan fingerprint density at radius 2 is 2.08 bits per heavy atom. The molecule has 3 rings (SSSR count). The molecule has 136 valence electrons. The number of thioether (sulfide) groups is 1. The number of anilines is 1. The number of aromatic nitrogens is 2. The summed E-state index contributed by atoms with van der Waals surface area (Å²) < 4.78 is 0.165. The van der Waals surface area contributed by atoms with Gasteiger partial charge >= 0.3 is 0 Å². The topological polar surface area (TPSA) is 69.8 Å². The number of aromatic amines is 1. The van der Waals surface area contributed by atoms with E-state index in [1.54, 1.807) is 0 Å². The molecule has 7 heteroatoms. The number of amides is 1. The Hall–Kier alpha value is -1.50. The number of hydrogen-bond donors (Lipinski definition) is 3. The molecule has 0 saturated heterocycles. The maximum absolute atomic E-state index is 12.6. The first-order chi connectivity index (χ1) is 11.3. The lowest BCUT2D eigenvalue weighted by molar-refractivity contribution is 0.102. The molecule has 0 aliphatic carbocycles. The van der Waals surface area contributed by atoms with Crippen LogP contribution in [0.5, 0.6) is 0 Å². The Kier molecular flexibility index (Phi) is 6.19. The molecule has 0 unspecified atom stereocenters. The number of carbonyl (C=O) groups is 1. The van der Waals surface area contributed by atoms with Gasteiger partial charge in [-0.1, -0.05) is 20.8 Å². The first-order valence-corrected chi connectivity index (χ1v) is 9.03. The van der Waals surface area contributed by atoms with Crippen molar-refractivity contribution in [3.8, 4) is 0 Å². The number of H-pyrrole nitrogens is 1. The number of aryl methyl sites for hydroxylation is 1.